The van der Waals surface area contributed by atoms with Crippen LogP contribution in [0.15, 0.2) is 0 Å². The van der Waals surface area contributed by atoms with Gasteiger partial charge in [0.25, 0.3) is 6.29 Å². The molecule has 0 radical (unpaired) electrons. The Labute approximate surface area is 51.1 Å². The molecule has 0 unspecified atom stereocenters. The molecule has 0 amide bonds. The summed E-state index contributed by atoms with van der Waals surface area (Å²) in [6.07, 6.45) is -0.919. The van der Waals surface area contributed by atoms with E-state index in [0.29, 0.717) is 0 Å². The van der Waals surface area contributed by atoms with E-state index in [-0.39, 0.29) is 6.79 Å². The second-order valence-corrected chi connectivity index (χ2v) is 1.38. The fourth-order valence-corrected chi connectivity index (χ4v) is 0.404. The minimum atomic E-state index is -0.919. The van der Waals surface area contributed by atoms with Crippen molar-refractivity contribution >= 4 is 5.97 Å². The molecule has 1 N–H and O–H groups in total. The average Bonchev–Trinajstić information content (AvgIpc) is 1.60. The fraction of sp³-hybridized carbons (Fsp3) is 0.750. The van der Waals surface area contributed by atoms with Gasteiger partial charge < -0.3 is 19.3 Å². The van der Waals surface area contributed by atoms with Crippen molar-refractivity contribution < 1.29 is 24.1 Å². The van der Waals surface area contributed by atoms with Crippen LogP contribution in [0, 0.1) is 0 Å². The molecule has 1 fully saturated rings. The molecule has 0 atom stereocenters. The van der Waals surface area contributed by atoms with Gasteiger partial charge in [-0.1, -0.05) is 0 Å². The molecule has 0 spiro atoms. The second kappa shape index (κ2) is 2.77. The molecule has 9 heavy (non-hydrogen) atoms. The van der Waals surface area contributed by atoms with E-state index in [1.165, 1.54) is 0 Å². The number of carbonyl (C=O) groups excluding carboxylic acids is 1. The van der Waals surface area contributed by atoms with E-state index in [0.717, 1.165) is 0 Å². The minimum absolute atomic E-state index is 0.116. The monoisotopic (exact) mass is 134 g/mol. The van der Waals surface area contributed by atoms with Crippen LogP contribution in [0.4, 0.5) is 0 Å². The highest BCUT2D eigenvalue weighted by Gasteiger charge is 2.28. The van der Waals surface area contributed by atoms with Crippen LogP contribution in [-0.4, -0.2) is 31.0 Å². The molecule has 52 valence electrons. The van der Waals surface area contributed by atoms with Crippen molar-refractivity contribution in [2.75, 3.05) is 13.6 Å². The number of rotatable bonds is 2. The van der Waals surface area contributed by atoms with E-state index in [4.69, 9.17) is 5.11 Å². The Hall–Kier alpha value is -0.650. The van der Waals surface area contributed by atoms with Crippen molar-refractivity contribution in [2.45, 2.75) is 6.29 Å². The number of esters is 1. The third-order valence-corrected chi connectivity index (χ3v) is 0.838. The van der Waals surface area contributed by atoms with Gasteiger partial charge in [0, 0.05) is 0 Å². The first kappa shape index (κ1) is 6.47. The highest BCUT2D eigenvalue weighted by atomic mass is 16.9. The van der Waals surface area contributed by atoms with Crippen LogP contribution in [0.5, 0.6) is 0 Å². The van der Waals surface area contributed by atoms with Crippen LogP contribution in [0.1, 0.15) is 0 Å². The van der Waals surface area contributed by atoms with Crippen LogP contribution in [-0.2, 0) is 19.0 Å². The number of carbonyl (C=O) groups is 1. The van der Waals surface area contributed by atoms with Gasteiger partial charge in [0.2, 0.25) is 0 Å². The molecule has 0 aromatic carbocycles. The zero-order valence-electron chi connectivity index (χ0n) is 4.57. The second-order valence-electron chi connectivity index (χ2n) is 1.38. The largest absolute Gasteiger partial charge is 0.435 e. The number of hydrogen-bond donors (Lipinski definition) is 1. The van der Waals surface area contributed by atoms with E-state index in [1.807, 2.05) is 0 Å². The molecule has 0 aromatic rings. The van der Waals surface area contributed by atoms with Gasteiger partial charge in [-0.2, -0.15) is 0 Å². The summed E-state index contributed by atoms with van der Waals surface area (Å²) in [7, 11) is 0. The van der Waals surface area contributed by atoms with Crippen molar-refractivity contribution in [3.8, 4) is 0 Å². The Bertz CT molecular complexity index is 108. The first-order chi connectivity index (χ1) is 4.34. The van der Waals surface area contributed by atoms with Crippen LogP contribution in [0.2, 0.25) is 0 Å². The third-order valence-electron chi connectivity index (χ3n) is 0.838. The van der Waals surface area contributed by atoms with Crippen molar-refractivity contribution in [2.24, 2.45) is 0 Å². The number of aliphatic hydroxyl groups is 1. The molecule has 0 bridgehead atoms. The van der Waals surface area contributed by atoms with Gasteiger partial charge in [-0.25, -0.2) is 4.79 Å². The van der Waals surface area contributed by atoms with Crippen molar-refractivity contribution in [1.29, 1.82) is 0 Å². The topological polar surface area (TPSA) is 65.0 Å². The average molecular weight is 134 g/mol. The summed E-state index contributed by atoms with van der Waals surface area (Å²) in [6, 6.07) is 0. The Morgan fingerprint density at radius 2 is 2.44 bits per heavy atom. The summed E-state index contributed by atoms with van der Waals surface area (Å²) in [5, 5.41) is 8.05. The van der Waals surface area contributed by atoms with Crippen LogP contribution in [0.25, 0.3) is 0 Å². The van der Waals surface area contributed by atoms with E-state index < -0.39 is 19.1 Å². The molecule has 0 aromatic heterocycles. The zero-order valence-corrected chi connectivity index (χ0v) is 4.57. The highest BCUT2D eigenvalue weighted by molar-refractivity contribution is 5.73. The van der Waals surface area contributed by atoms with Crippen molar-refractivity contribution in [1.82, 2.24) is 0 Å². The van der Waals surface area contributed by atoms with Crippen LogP contribution >= 0.6 is 0 Å². The fourth-order valence-electron chi connectivity index (χ4n) is 0.404. The molecule has 1 aliphatic heterocycles. The predicted octanol–water partition coefficient (Wildman–Crippen LogP) is -1.19. The molecule has 1 aliphatic rings. The molecule has 1 heterocycles. The number of hydrogen-bond acceptors (Lipinski definition) is 5. The first-order valence-corrected chi connectivity index (χ1v) is 2.35. The molecule has 0 saturated carbocycles. The van der Waals surface area contributed by atoms with E-state index >= 15 is 0 Å². The molecule has 5 heteroatoms. The zero-order chi connectivity index (χ0) is 6.69. The first-order valence-electron chi connectivity index (χ1n) is 2.35. The maximum Gasteiger partial charge on any atom is 0.365 e. The SMILES string of the molecule is O=C(OCO)C1OCO1. The van der Waals surface area contributed by atoms with Gasteiger partial charge >= 0.3 is 5.97 Å². The molecular formula is C4H6O5. The standard InChI is InChI=1S/C4H6O5/c5-1-7-3(6)4-8-2-9-4/h4-5H,1-2H2. The lowest BCUT2D eigenvalue weighted by molar-refractivity contribution is -0.314. The Morgan fingerprint density at radius 3 is 2.78 bits per heavy atom. The van der Waals surface area contributed by atoms with Crippen molar-refractivity contribution in [3.05, 3.63) is 0 Å². The third kappa shape index (κ3) is 1.38. The maximum absolute atomic E-state index is 10.4. The summed E-state index contributed by atoms with van der Waals surface area (Å²) >= 11 is 0. The smallest absolute Gasteiger partial charge is 0.365 e. The summed E-state index contributed by atoms with van der Waals surface area (Å²) < 4.78 is 13.2. The van der Waals surface area contributed by atoms with E-state index in [2.05, 4.69) is 14.2 Å². The van der Waals surface area contributed by atoms with Gasteiger partial charge in [-0.3, -0.25) is 0 Å². The molecule has 1 saturated heterocycles. The van der Waals surface area contributed by atoms with Crippen LogP contribution < -0.4 is 0 Å². The lowest BCUT2D eigenvalue weighted by Crippen LogP contribution is -2.39. The maximum atomic E-state index is 10.4. The molecular weight excluding hydrogens is 128 g/mol. The Morgan fingerprint density at radius 1 is 1.78 bits per heavy atom. The lowest BCUT2D eigenvalue weighted by Gasteiger charge is -2.23. The quantitative estimate of drug-likeness (QED) is 0.380. The molecule has 0 aliphatic carbocycles. The van der Waals surface area contributed by atoms with Gasteiger partial charge in [0.15, 0.2) is 13.6 Å². The summed E-state index contributed by atoms with van der Waals surface area (Å²) in [5.74, 6) is -0.691. The van der Waals surface area contributed by atoms with Gasteiger partial charge in [-0.15, -0.1) is 0 Å². The van der Waals surface area contributed by atoms with Crippen LogP contribution in [0.3, 0.4) is 0 Å². The Kier molecular flexibility index (Phi) is 1.99. The molecule has 5 nitrogen and oxygen atoms in total. The van der Waals surface area contributed by atoms with Gasteiger partial charge in [-0.05, 0) is 0 Å². The number of ether oxygens (including phenoxy) is 3. The number of aliphatic hydroxyl groups excluding tert-OH is 1. The predicted molar refractivity (Wildman–Crippen MR) is 24.0 cm³/mol. The van der Waals surface area contributed by atoms with E-state index in [1.54, 1.807) is 0 Å². The summed E-state index contributed by atoms with van der Waals surface area (Å²) in [6.45, 7) is -0.521. The van der Waals surface area contributed by atoms with Gasteiger partial charge in [0.05, 0.1) is 0 Å². The Balaban J connectivity index is 2.16. The highest BCUT2D eigenvalue weighted by Crippen LogP contribution is 2.07. The van der Waals surface area contributed by atoms with Gasteiger partial charge in [0.1, 0.15) is 0 Å². The van der Waals surface area contributed by atoms with E-state index in [9.17, 15) is 4.79 Å². The normalized spacial score (nSPS) is 18.8. The summed E-state index contributed by atoms with van der Waals surface area (Å²) in [4.78, 5) is 10.4. The summed E-state index contributed by atoms with van der Waals surface area (Å²) in [5.41, 5.74) is 0. The lowest BCUT2D eigenvalue weighted by atomic mass is 10.6. The molecule has 1 rings (SSSR count). The van der Waals surface area contributed by atoms with Crippen molar-refractivity contribution in [3.63, 3.8) is 0 Å². The minimum Gasteiger partial charge on any atom is -0.435 e.